The van der Waals surface area contributed by atoms with Gasteiger partial charge in [0.25, 0.3) is 0 Å². The third-order valence-corrected chi connectivity index (χ3v) is 3.00. The van der Waals surface area contributed by atoms with Gasteiger partial charge in [-0.25, -0.2) is 0 Å². The molecule has 3 aromatic rings. The summed E-state index contributed by atoms with van der Waals surface area (Å²) in [7, 11) is 0. The van der Waals surface area contributed by atoms with E-state index in [-0.39, 0.29) is 6.61 Å². The molecule has 5 nitrogen and oxygen atoms in total. The number of benzene rings is 2. The van der Waals surface area contributed by atoms with Crippen LogP contribution in [0.4, 0.5) is 0 Å². The lowest BCUT2D eigenvalue weighted by atomic mass is 10.0. The maximum Gasteiger partial charge on any atom is 0.120 e. The van der Waals surface area contributed by atoms with Gasteiger partial charge in [-0.05, 0) is 30.7 Å². The Labute approximate surface area is 116 Å². The number of nitrogens with one attached hydrogen (secondary N) is 1. The second-order valence-electron chi connectivity index (χ2n) is 4.68. The van der Waals surface area contributed by atoms with Gasteiger partial charge in [0.15, 0.2) is 0 Å². The van der Waals surface area contributed by atoms with Gasteiger partial charge in [-0.15, -0.1) is 0 Å². The number of hydrogen-bond acceptors (Lipinski definition) is 4. The van der Waals surface area contributed by atoms with Crippen molar-refractivity contribution in [2.75, 3.05) is 6.61 Å². The van der Waals surface area contributed by atoms with E-state index >= 15 is 0 Å². The Morgan fingerprint density at radius 3 is 2.70 bits per heavy atom. The number of aliphatic hydroxyl groups excluding tert-OH is 1. The highest BCUT2D eigenvalue weighted by Gasteiger charge is 2.07. The van der Waals surface area contributed by atoms with Crippen molar-refractivity contribution in [1.82, 2.24) is 15.4 Å². The smallest absolute Gasteiger partial charge is 0.120 e. The second kappa shape index (κ2) is 5.30. The molecule has 0 aliphatic rings. The first kappa shape index (κ1) is 12.6. The van der Waals surface area contributed by atoms with Crippen LogP contribution in [0.15, 0.2) is 42.5 Å². The lowest BCUT2D eigenvalue weighted by Gasteiger charge is -2.09. The molecule has 0 fully saturated rings. The standard InChI is InChI=1S/C15H15N3O2/c1-10(19)9-20-12-7-5-11(6-8-12)13-3-2-4-14-15(13)17-18-16-14/h2-8,10,19H,9H2,1H3,(H,16,17,18). The first-order valence-corrected chi connectivity index (χ1v) is 6.45. The highest BCUT2D eigenvalue weighted by molar-refractivity contribution is 5.91. The van der Waals surface area contributed by atoms with Crippen LogP contribution in [0.25, 0.3) is 22.2 Å². The predicted octanol–water partition coefficient (Wildman–Crippen LogP) is 2.38. The van der Waals surface area contributed by atoms with Crippen LogP contribution >= 0.6 is 0 Å². The fraction of sp³-hybridized carbons (Fsp3) is 0.200. The van der Waals surface area contributed by atoms with E-state index in [1.807, 2.05) is 42.5 Å². The summed E-state index contributed by atoms with van der Waals surface area (Å²) in [4.78, 5) is 0. The number of fused-ring (bicyclic) bond motifs is 1. The maximum absolute atomic E-state index is 9.20. The molecule has 0 aliphatic heterocycles. The van der Waals surface area contributed by atoms with Gasteiger partial charge < -0.3 is 9.84 Å². The molecule has 1 aromatic heterocycles. The zero-order chi connectivity index (χ0) is 13.9. The van der Waals surface area contributed by atoms with Crippen LogP contribution in [0.5, 0.6) is 5.75 Å². The van der Waals surface area contributed by atoms with Crippen LogP contribution in [-0.2, 0) is 0 Å². The molecule has 1 heterocycles. The van der Waals surface area contributed by atoms with Crippen LogP contribution in [-0.4, -0.2) is 33.2 Å². The predicted molar refractivity (Wildman–Crippen MR) is 76.5 cm³/mol. The monoisotopic (exact) mass is 269 g/mol. The highest BCUT2D eigenvalue weighted by atomic mass is 16.5. The van der Waals surface area contributed by atoms with Crippen molar-refractivity contribution < 1.29 is 9.84 Å². The van der Waals surface area contributed by atoms with Crippen molar-refractivity contribution in [2.24, 2.45) is 0 Å². The lowest BCUT2D eigenvalue weighted by Crippen LogP contribution is -2.12. The summed E-state index contributed by atoms with van der Waals surface area (Å²) in [5.41, 5.74) is 3.77. The van der Waals surface area contributed by atoms with Crippen LogP contribution in [0, 0.1) is 0 Å². The van der Waals surface area contributed by atoms with Gasteiger partial charge in [0.2, 0.25) is 0 Å². The molecule has 0 bridgehead atoms. The molecule has 0 amide bonds. The Hall–Kier alpha value is -2.40. The maximum atomic E-state index is 9.20. The number of hydrogen-bond donors (Lipinski definition) is 2. The number of aromatic nitrogens is 3. The zero-order valence-corrected chi connectivity index (χ0v) is 11.1. The minimum absolute atomic E-state index is 0.290. The van der Waals surface area contributed by atoms with Crippen molar-refractivity contribution in [3.63, 3.8) is 0 Å². The minimum atomic E-state index is -0.474. The van der Waals surface area contributed by atoms with Gasteiger partial charge in [0, 0.05) is 5.56 Å². The van der Waals surface area contributed by atoms with Crippen molar-refractivity contribution >= 4 is 11.0 Å². The lowest BCUT2D eigenvalue weighted by molar-refractivity contribution is 0.123. The van der Waals surface area contributed by atoms with Crippen molar-refractivity contribution in [3.05, 3.63) is 42.5 Å². The molecular formula is C15H15N3O2. The van der Waals surface area contributed by atoms with Gasteiger partial charge >= 0.3 is 0 Å². The SMILES string of the molecule is CC(O)COc1ccc(-c2cccc3n[nH]nc23)cc1. The summed E-state index contributed by atoms with van der Waals surface area (Å²) in [5, 5.41) is 20.1. The summed E-state index contributed by atoms with van der Waals surface area (Å²) in [6, 6.07) is 13.6. The third-order valence-electron chi connectivity index (χ3n) is 3.00. The van der Waals surface area contributed by atoms with Crippen LogP contribution < -0.4 is 4.74 Å². The van der Waals surface area contributed by atoms with Crippen molar-refractivity contribution in [1.29, 1.82) is 0 Å². The van der Waals surface area contributed by atoms with Crippen LogP contribution in [0.1, 0.15) is 6.92 Å². The molecular weight excluding hydrogens is 254 g/mol. The topological polar surface area (TPSA) is 71.0 Å². The molecule has 0 radical (unpaired) electrons. The average Bonchev–Trinajstić information content (AvgIpc) is 2.94. The molecule has 102 valence electrons. The Morgan fingerprint density at radius 2 is 1.95 bits per heavy atom. The number of ether oxygens (including phenoxy) is 1. The molecule has 0 aliphatic carbocycles. The fourth-order valence-electron chi connectivity index (χ4n) is 2.05. The van der Waals surface area contributed by atoms with E-state index in [1.54, 1.807) is 6.92 Å². The summed E-state index contributed by atoms with van der Waals surface area (Å²) in [5.74, 6) is 0.738. The first-order valence-electron chi connectivity index (χ1n) is 6.45. The van der Waals surface area contributed by atoms with Crippen molar-refractivity contribution in [2.45, 2.75) is 13.0 Å². The number of para-hydroxylation sites is 1. The molecule has 0 saturated heterocycles. The zero-order valence-electron chi connectivity index (χ0n) is 11.1. The number of nitrogens with zero attached hydrogens (tertiary/aromatic N) is 2. The molecule has 2 N–H and O–H groups in total. The van der Waals surface area contributed by atoms with Gasteiger partial charge in [-0.3, -0.25) is 0 Å². The number of aromatic amines is 1. The molecule has 1 atom stereocenters. The summed E-state index contributed by atoms with van der Waals surface area (Å²) >= 11 is 0. The van der Waals surface area contributed by atoms with E-state index in [4.69, 9.17) is 4.74 Å². The van der Waals surface area contributed by atoms with Crippen LogP contribution in [0.3, 0.4) is 0 Å². The average molecular weight is 269 g/mol. The first-order chi connectivity index (χ1) is 9.74. The second-order valence-corrected chi connectivity index (χ2v) is 4.68. The summed E-state index contributed by atoms with van der Waals surface area (Å²) in [6.45, 7) is 1.98. The van der Waals surface area contributed by atoms with Crippen molar-refractivity contribution in [3.8, 4) is 16.9 Å². The van der Waals surface area contributed by atoms with E-state index in [0.717, 1.165) is 27.9 Å². The molecule has 3 rings (SSSR count). The number of rotatable bonds is 4. The van der Waals surface area contributed by atoms with E-state index in [9.17, 15) is 5.11 Å². The molecule has 20 heavy (non-hydrogen) atoms. The van der Waals surface area contributed by atoms with Crippen LogP contribution in [0.2, 0.25) is 0 Å². The Bertz CT molecular complexity index is 704. The fourth-order valence-corrected chi connectivity index (χ4v) is 2.05. The molecule has 0 spiro atoms. The molecule has 2 aromatic carbocycles. The normalized spacial score (nSPS) is 12.5. The quantitative estimate of drug-likeness (QED) is 0.763. The van der Waals surface area contributed by atoms with Gasteiger partial charge in [0.05, 0.1) is 6.10 Å². The largest absolute Gasteiger partial charge is 0.491 e. The number of H-pyrrole nitrogens is 1. The highest BCUT2D eigenvalue weighted by Crippen LogP contribution is 2.27. The molecule has 1 unspecified atom stereocenters. The summed E-state index contributed by atoms with van der Waals surface area (Å²) < 4.78 is 5.45. The van der Waals surface area contributed by atoms with E-state index in [1.165, 1.54) is 0 Å². The Kier molecular flexibility index (Phi) is 3.35. The molecule has 5 heteroatoms. The Balaban J connectivity index is 1.89. The number of aliphatic hydroxyl groups is 1. The van der Waals surface area contributed by atoms with Gasteiger partial charge in [-0.1, -0.05) is 24.3 Å². The van der Waals surface area contributed by atoms with E-state index in [2.05, 4.69) is 15.4 Å². The summed E-state index contributed by atoms with van der Waals surface area (Å²) in [6.07, 6.45) is -0.474. The van der Waals surface area contributed by atoms with E-state index in [0.29, 0.717) is 0 Å². The minimum Gasteiger partial charge on any atom is -0.491 e. The van der Waals surface area contributed by atoms with E-state index < -0.39 is 6.10 Å². The van der Waals surface area contributed by atoms with Gasteiger partial charge in [-0.2, -0.15) is 15.4 Å². The Morgan fingerprint density at radius 1 is 1.15 bits per heavy atom. The third kappa shape index (κ3) is 2.48. The van der Waals surface area contributed by atoms with Gasteiger partial charge in [0.1, 0.15) is 23.4 Å². The molecule has 0 saturated carbocycles.